The standard InChI is InChI=1S/C27H50O2/c1-3-5-6-7-8-9-10-11-12-13-14-15-16-17-18-19-23-28-26-24-27(26)22-21-25(29-27)20-4-2/h4,20,25-26H,3,5-19,21-24H2,1-2H3/b20-4+/t25-,26?,27?/m1/s1. The summed E-state index contributed by atoms with van der Waals surface area (Å²) in [4.78, 5) is 0. The minimum Gasteiger partial charge on any atom is -0.375 e. The van der Waals surface area contributed by atoms with Crippen molar-refractivity contribution in [2.45, 2.75) is 154 Å². The van der Waals surface area contributed by atoms with Gasteiger partial charge in [-0.2, -0.15) is 0 Å². The van der Waals surface area contributed by atoms with E-state index in [0.29, 0.717) is 12.2 Å². The molecule has 29 heavy (non-hydrogen) atoms. The van der Waals surface area contributed by atoms with Gasteiger partial charge in [0.1, 0.15) is 0 Å². The Bertz CT molecular complexity index is 419. The van der Waals surface area contributed by atoms with Gasteiger partial charge in [-0.1, -0.05) is 115 Å². The van der Waals surface area contributed by atoms with Gasteiger partial charge in [0.15, 0.2) is 0 Å². The van der Waals surface area contributed by atoms with Crippen molar-refractivity contribution in [3.8, 4) is 0 Å². The first-order chi connectivity index (χ1) is 14.3. The predicted molar refractivity (Wildman–Crippen MR) is 126 cm³/mol. The lowest BCUT2D eigenvalue weighted by Crippen LogP contribution is -2.17. The maximum absolute atomic E-state index is 6.18. The van der Waals surface area contributed by atoms with E-state index in [0.717, 1.165) is 13.0 Å². The molecule has 2 unspecified atom stereocenters. The zero-order chi connectivity index (χ0) is 20.6. The lowest BCUT2D eigenvalue weighted by Gasteiger charge is -2.11. The smallest absolute Gasteiger partial charge is 0.0978 e. The summed E-state index contributed by atoms with van der Waals surface area (Å²) < 4.78 is 12.3. The van der Waals surface area contributed by atoms with Gasteiger partial charge in [0.25, 0.3) is 0 Å². The second-order valence-electron chi connectivity index (χ2n) is 9.65. The van der Waals surface area contributed by atoms with Crippen molar-refractivity contribution in [1.29, 1.82) is 0 Å². The lowest BCUT2D eigenvalue weighted by molar-refractivity contribution is -0.00686. The van der Waals surface area contributed by atoms with Crippen LogP contribution in [0.1, 0.15) is 136 Å². The number of ether oxygens (including phenoxy) is 2. The Morgan fingerprint density at radius 2 is 1.31 bits per heavy atom. The van der Waals surface area contributed by atoms with Crippen LogP contribution in [0.5, 0.6) is 0 Å². The summed E-state index contributed by atoms with van der Waals surface area (Å²) in [6.45, 7) is 5.30. The third-order valence-electron chi connectivity index (χ3n) is 6.92. The first-order valence-electron chi connectivity index (χ1n) is 13.2. The van der Waals surface area contributed by atoms with Crippen molar-refractivity contribution >= 4 is 0 Å². The quantitative estimate of drug-likeness (QED) is 0.158. The second kappa shape index (κ2) is 15.5. The minimum absolute atomic E-state index is 0.0965. The molecule has 2 aliphatic rings. The largest absolute Gasteiger partial charge is 0.375 e. The van der Waals surface area contributed by atoms with Gasteiger partial charge in [0, 0.05) is 13.0 Å². The summed E-state index contributed by atoms with van der Waals surface area (Å²) >= 11 is 0. The molecule has 1 aliphatic carbocycles. The van der Waals surface area contributed by atoms with Crippen molar-refractivity contribution in [2.75, 3.05) is 6.61 Å². The van der Waals surface area contributed by atoms with Crippen LogP contribution < -0.4 is 0 Å². The molecule has 2 nitrogen and oxygen atoms in total. The van der Waals surface area contributed by atoms with E-state index in [4.69, 9.17) is 9.47 Å². The van der Waals surface area contributed by atoms with Gasteiger partial charge in [-0.15, -0.1) is 0 Å². The fraction of sp³-hybridized carbons (Fsp3) is 0.926. The zero-order valence-electron chi connectivity index (χ0n) is 19.8. The third kappa shape index (κ3) is 10.5. The Hall–Kier alpha value is -0.340. The molecule has 0 N–H and O–H groups in total. The van der Waals surface area contributed by atoms with Gasteiger partial charge in [0.2, 0.25) is 0 Å². The highest BCUT2D eigenvalue weighted by molar-refractivity contribution is 5.13. The van der Waals surface area contributed by atoms with Crippen molar-refractivity contribution in [3.05, 3.63) is 12.2 Å². The van der Waals surface area contributed by atoms with Gasteiger partial charge in [-0.05, 0) is 26.2 Å². The number of rotatable bonds is 19. The first kappa shape index (κ1) is 24.9. The SMILES string of the molecule is C/C=C/[C@@H]1CCC2(CC2OCCCCCCCCCCCCCCCCCC)O1. The van der Waals surface area contributed by atoms with Gasteiger partial charge in [-0.3, -0.25) is 0 Å². The van der Waals surface area contributed by atoms with Crippen LogP contribution >= 0.6 is 0 Å². The molecule has 2 fully saturated rings. The fourth-order valence-electron chi connectivity index (χ4n) is 4.88. The number of hydrogen-bond acceptors (Lipinski definition) is 2. The lowest BCUT2D eigenvalue weighted by atomic mass is 10.0. The Labute approximate surface area is 182 Å². The van der Waals surface area contributed by atoms with E-state index in [-0.39, 0.29) is 5.60 Å². The molecular weight excluding hydrogens is 356 g/mol. The molecule has 1 spiro atoms. The molecule has 0 radical (unpaired) electrons. The highest BCUT2D eigenvalue weighted by Gasteiger charge is 2.60. The van der Waals surface area contributed by atoms with Crippen LogP contribution in [0, 0.1) is 0 Å². The third-order valence-corrected chi connectivity index (χ3v) is 6.92. The van der Waals surface area contributed by atoms with Crippen LogP contribution in [-0.2, 0) is 9.47 Å². The van der Waals surface area contributed by atoms with Crippen molar-refractivity contribution < 1.29 is 9.47 Å². The molecular formula is C27H50O2. The number of hydrogen-bond donors (Lipinski definition) is 0. The van der Waals surface area contributed by atoms with E-state index in [1.807, 2.05) is 0 Å². The van der Waals surface area contributed by atoms with Crippen LogP contribution in [0.15, 0.2) is 12.2 Å². The highest BCUT2D eigenvalue weighted by atomic mass is 16.6. The predicted octanol–water partition coefficient (Wildman–Crippen LogP) is 8.53. The zero-order valence-corrected chi connectivity index (χ0v) is 19.8. The van der Waals surface area contributed by atoms with Crippen LogP contribution in [0.2, 0.25) is 0 Å². The molecule has 1 saturated heterocycles. The molecule has 0 bridgehead atoms. The van der Waals surface area contributed by atoms with Crippen molar-refractivity contribution in [2.24, 2.45) is 0 Å². The summed E-state index contributed by atoms with van der Waals surface area (Å²) in [7, 11) is 0. The maximum atomic E-state index is 6.18. The summed E-state index contributed by atoms with van der Waals surface area (Å²) in [5.74, 6) is 0. The molecule has 3 atom stereocenters. The van der Waals surface area contributed by atoms with Gasteiger partial charge in [0.05, 0.1) is 17.8 Å². The van der Waals surface area contributed by atoms with Crippen LogP contribution in [0.3, 0.4) is 0 Å². The molecule has 1 heterocycles. The van der Waals surface area contributed by atoms with E-state index in [1.54, 1.807) is 0 Å². The highest BCUT2D eigenvalue weighted by Crippen LogP contribution is 2.52. The minimum atomic E-state index is 0.0965. The summed E-state index contributed by atoms with van der Waals surface area (Å²) in [5, 5.41) is 0. The van der Waals surface area contributed by atoms with E-state index >= 15 is 0 Å². The fourth-order valence-corrected chi connectivity index (χ4v) is 4.88. The summed E-state index contributed by atoms with van der Waals surface area (Å²) in [6, 6.07) is 0. The van der Waals surface area contributed by atoms with E-state index < -0.39 is 0 Å². The van der Waals surface area contributed by atoms with Gasteiger partial charge in [-0.25, -0.2) is 0 Å². The average Bonchev–Trinajstić information content (AvgIpc) is 3.23. The second-order valence-corrected chi connectivity index (χ2v) is 9.65. The molecule has 0 aromatic carbocycles. The molecule has 0 aromatic rings. The van der Waals surface area contributed by atoms with Crippen LogP contribution in [-0.4, -0.2) is 24.4 Å². The van der Waals surface area contributed by atoms with E-state index in [1.165, 1.54) is 116 Å². The Balaban J connectivity index is 1.26. The van der Waals surface area contributed by atoms with E-state index in [9.17, 15) is 0 Å². The Morgan fingerprint density at radius 3 is 1.83 bits per heavy atom. The van der Waals surface area contributed by atoms with Gasteiger partial charge >= 0.3 is 0 Å². The molecule has 0 amide bonds. The first-order valence-corrected chi connectivity index (χ1v) is 13.2. The van der Waals surface area contributed by atoms with Crippen molar-refractivity contribution in [1.82, 2.24) is 0 Å². The number of allylic oxidation sites excluding steroid dienone is 1. The molecule has 0 aromatic heterocycles. The summed E-state index contributed by atoms with van der Waals surface area (Å²) in [5.41, 5.74) is 0.0965. The number of unbranched alkanes of at least 4 members (excludes halogenated alkanes) is 15. The topological polar surface area (TPSA) is 18.5 Å². The Kier molecular flexibility index (Phi) is 13.3. The van der Waals surface area contributed by atoms with Crippen LogP contribution in [0.25, 0.3) is 0 Å². The van der Waals surface area contributed by atoms with Crippen LogP contribution in [0.4, 0.5) is 0 Å². The molecule has 170 valence electrons. The molecule has 2 heteroatoms. The normalized spacial score (nSPS) is 26.1. The Morgan fingerprint density at radius 1 is 0.793 bits per heavy atom. The van der Waals surface area contributed by atoms with Gasteiger partial charge < -0.3 is 9.47 Å². The van der Waals surface area contributed by atoms with E-state index in [2.05, 4.69) is 26.0 Å². The monoisotopic (exact) mass is 406 g/mol. The van der Waals surface area contributed by atoms with Crippen molar-refractivity contribution in [3.63, 3.8) is 0 Å². The maximum Gasteiger partial charge on any atom is 0.0978 e. The molecule has 1 aliphatic heterocycles. The average molecular weight is 407 g/mol. The molecule has 1 saturated carbocycles. The molecule has 2 rings (SSSR count). The summed E-state index contributed by atoms with van der Waals surface area (Å²) in [6.07, 6.45) is 31.2.